The van der Waals surface area contributed by atoms with Crippen LogP contribution in [0.5, 0.6) is 5.75 Å². The second kappa shape index (κ2) is 8.55. The molecule has 2 atom stereocenters. The van der Waals surface area contributed by atoms with Crippen molar-refractivity contribution < 1.29 is 14.3 Å². The topological polar surface area (TPSA) is 42.0 Å². The highest BCUT2D eigenvalue weighted by Gasteiger charge is 2.37. The Morgan fingerprint density at radius 3 is 2.41 bits per heavy atom. The molecule has 5 nitrogen and oxygen atoms in total. The van der Waals surface area contributed by atoms with Crippen LogP contribution in [0.1, 0.15) is 17.0 Å². The second-order valence-electron chi connectivity index (χ2n) is 7.16. The Hall–Kier alpha value is -2.37. The first-order valence-electron chi connectivity index (χ1n) is 9.26. The minimum absolute atomic E-state index is 0.0186. The molecule has 1 heterocycles. The zero-order valence-electron chi connectivity index (χ0n) is 16.5. The number of amides is 1. The van der Waals surface area contributed by atoms with Crippen LogP contribution >= 0.6 is 0 Å². The summed E-state index contributed by atoms with van der Waals surface area (Å²) in [6, 6.07) is 16.1. The fourth-order valence-corrected chi connectivity index (χ4v) is 3.67. The van der Waals surface area contributed by atoms with Crippen molar-refractivity contribution in [2.45, 2.75) is 18.4 Å². The first-order chi connectivity index (χ1) is 13.0. The Morgan fingerprint density at radius 2 is 1.78 bits per heavy atom. The molecule has 0 spiro atoms. The first-order valence-corrected chi connectivity index (χ1v) is 9.26. The number of carbonyl (C=O) groups excluding carboxylic acids is 1. The predicted octanol–water partition coefficient (Wildman–Crippen LogP) is 2.94. The lowest BCUT2D eigenvalue weighted by Crippen LogP contribution is -2.44. The van der Waals surface area contributed by atoms with Gasteiger partial charge in [-0.25, -0.2) is 0 Å². The normalized spacial score (nSPS) is 19.7. The molecule has 1 aliphatic heterocycles. The number of rotatable bonds is 6. The molecule has 0 fully saturated rings. The highest BCUT2D eigenvalue weighted by molar-refractivity contribution is 5.99. The van der Waals surface area contributed by atoms with Gasteiger partial charge in [-0.15, -0.1) is 0 Å². The molecule has 2 aromatic rings. The van der Waals surface area contributed by atoms with Gasteiger partial charge in [0.1, 0.15) is 11.9 Å². The lowest BCUT2D eigenvalue weighted by molar-refractivity contribution is -0.129. The maximum atomic E-state index is 13.4. The van der Waals surface area contributed by atoms with Crippen molar-refractivity contribution in [3.63, 3.8) is 0 Å². The van der Waals surface area contributed by atoms with Gasteiger partial charge < -0.3 is 19.3 Å². The van der Waals surface area contributed by atoms with E-state index in [0.29, 0.717) is 6.54 Å². The smallest absolute Gasteiger partial charge is 0.256 e. The molecule has 5 heteroatoms. The third-order valence-corrected chi connectivity index (χ3v) is 5.17. The van der Waals surface area contributed by atoms with E-state index < -0.39 is 6.10 Å². The van der Waals surface area contributed by atoms with Gasteiger partial charge in [-0.2, -0.15) is 0 Å². The maximum absolute atomic E-state index is 13.4. The quantitative estimate of drug-likeness (QED) is 0.786. The number of methoxy groups -OCH3 is 2. The maximum Gasteiger partial charge on any atom is 0.256 e. The molecular weight excluding hydrogens is 340 g/mol. The Morgan fingerprint density at radius 1 is 1.07 bits per heavy atom. The molecule has 0 unspecified atom stereocenters. The molecule has 1 aliphatic rings. The van der Waals surface area contributed by atoms with Gasteiger partial charge in [-0.1, -0.05) is 30.3 Å². The van der Waals surface area contributed by atoms with Crippen LogP contribution in [0, 0.1) is 0 Å². The zero-order chi connectivity index (χ0) is 19.4. The molecule has 144 valence electrons. The molecule has 27 heavy (non-hydrogen) atoms. The highest BCUT2D eigenvalue weighted by atomic mass is 16.5. The van der Waals surface area contributed by atoms with Crippen LogP contribution in [-0.2, 0) is 16.0 Å². The Kier molecular flexibility index (Phi) is 6.14. The van der Waals surface area contributed by atoms with E-state index in [4.69, 9.17) is 9.47 Å². The molecule has 0 saturated carbocycles. The van der Waals surface area contributed by atoms with Gasteiger partial charge in [0.15, 0.2) is 0 Å². The molecule has 0 aliphatic carbocycles. The summed E-state index contributed by atoms with van der Waals surface area (Å²) >= 11 is 0. The van der Waals surface area contributed by atoms with Crippen molar-refractivity contribution in [3.8, 4) is 5.75 Å². The molecule has 0 saturated heterocycles. The van der Waals surface area contributed by atoms with Crippen LogP contribution in [0.2, 0.25) is 0 Å². The molecule has 2 aromatic carbocycles. The van der Waals surface area contributed by atoms with E-state index >= 15 is 0 Å². The van der Waals surface area contributed by atoms with E-state index in [1.165, 1.54) is 5.56 Å². The van der Waals surface area contributed by atoms with E-state index in [1.807, 2.05) is 61.5 Å². The summed E-state index contributed by atoms with van der Waals surface area (Å²) < 4.78 is 11.0. The number of nitrogens with zero attached hydrogens (tertiary/aromatic N) is 2. The summed E-state index contributed by atoms with van der Waals surface area (Å²) in [4.78, 5) is 17.4. The molecule has 1 amide bonds. The van der Waals surface area contributed by atoms with Gasteiger partial charge >= 0.3 is 0 Å². The molecule has 0 aromatic heterocycles. The lowest BCUT2D eigenvalue weighted by atomic mass is 9.87. The number of anilines is 1. The minimum Gasteiger partial charge on any atom is -0.497 e. The van der Waals surface area contributed by atoms with Gasteiger partial charge in [0.05, 0.1) is 7.11 Å². The third kappa shape index (κ3) is 4.15. The van der Waals surface area contributed by atoms with Crippen molar-refractivity contribution >= 4 is 11.6 Å². The fourth-order valence-electron chi connectivity index (χ4n) is 3.67. The number of fused-ring (bicyclic) bond motifs is 1. The number of hydrogen-bond acceptors (Lipinski definition) is 4. The van der Waals surface area contributed by atoms with E-state index in [-0.39, 0.29) is 11.8 Å². The van der Waals surface area contributed by atoms with Crippen molar-refractivity contribution in [2.75, 3.05) is 46.3 Å². The average molecular weight is 368 g/mol. The second-order valence-corrected chi connectivity index (χ2v) is 7.16. The molecular formula is C22H28N2O3. The van der Waals surface area contributed by atoms with Crippen LogP contribution in [0.15, 0.2) is 48.5 Å². The fraction of sp³-hybridized carbons (Fsp3) is 0.409. The minimum atomic E-state index is -0.520. The average Bonchev–Trinajstić information content (AvgIpc) is 2.80. The van der Waals surface area contributed by atoms with E-state index in [2.05, 4.69) is 11.0 Å². The summed E-state index contributed by atoms with van der Waals surface area (Å²) in [7, 11) is 7.31. The Balaban J connectivity index is 2.01. The first kappa shape index (κ1) is 19.4. The number of likely N-dealkylation sites (N-methyl/N-ethyl adjacent to an activating group) is 1. The number of para-hydroxylation sites is 1. The van der Waals surface area contributed by atoms with Gasteiger partial charge in [0, 0.05) is 31.8 Å². The van der Waals surface area contributed by atoms with Crippen LogP contribution < -0.4 is 9.64 Å². The number of hydrogen-bond donors (Lipinski definition) is 0. The van der Waals surface area contributed by atoms with Crippen molar-refractivity contribution in [1.82, 2.24) is 4.90 Å². The highest BCUT2D eigenvalue weighted by Crippen LogP contribution is 2.36. The number of benzene rings is 2. The number of ether oxygens (including phenoxy) is 2. The summed E-state index contributed by atoms with van der Waals surface area (Å²) in [6.45, 7) is 1.43. The molecule has 0 radical (unpaired) electrons. The van der Waals surface area contributed by atoms with Crippen LogP contribution in [0.3, 0.4) is 0 Å². The van der Waals surface area contributed by atoms with Gasteiger partial charge in [0.2, 0.25) is 0 Å². The van der Waals surface area contributed by atoms with E-state index in [0.717, 1.165) is 30.0 Å². The van der Waals surface area contributed by atoms with E-state index in [9.17, 15) is 4.79 Å². The van der Waals surface area contributed by atoms with Gasteiger partial charge in [-0.3, -0.25) is 4.79 Å². The van der Waals surface area contributed by atoms with Gasteiger partial charge in [0.25, 0.3) is 5.91 Å². The standard InChI is InChI=1S/C22H28N2O3/c1-23(2)13-14-24-20-8-6-5-7-17(20)15-19(21(27-4)22(24)25)16-9-11-18(26-3)12-10-16/h5-12,19,21H,13-15H2,1-4H3/t19-,21+/m1/s1. The monoisotopic (exact) mass is 368 g/mol. The Labute approximate surface area is 161 Å². The van der Waals surface area contributed by atoms with Gasteiger partial charge in [-0.05, 0) is 49.8 Å². The lowest BCUT2D eigenvalue weighted by Gasteiger charge is -2.28. The molecule has 3 rings (SSSR count). The zero-order valence-corrected chi connectivity index (χ0v) is 16.5. The predicted molar refractivity (Wildman–Crippen MR) is 108 cm³/mol. The largest absolute Gasteiger partial charge is 0.497 e. The summed E-state index contributed by atoms with van der Waals surface area (Å²) in [5.74, 6) is 0.782. The summed E-state index contributed by atoms with van der Waals surface area (Å²) in [6.07, 6.45) is 0.235. The molecule has 0 bridgehead atoms. The Bertz CT molecular complexity index is 773. The SMILES string of the molecule is COc1ccc([C@H]2Cc3ccccc3N(CCN(C)C)C(=O)[C@H]2OC)cc1. The van der Waals surface area contributed by atoms with Crippen LogP contribution in [0.4, 0.5) is 5.69 Å². The molecule has 0 N–H and O–H groups in total. The summed E-state index contributed by atoms with van der Waals surface area (Å²) in [5, 5.41) is 0. The summed E-state index contributed by atoms with van der Waals surface area (Å²) in [5.41, 5.74) is 3.24. The van der Waals surface area contributed by atoms with Crippen molar-refractivity contribution in [2.24, 2.45) is 0 Å². The van der Waals surface area contributed by atoms with Crippen LogP contribution in [-0.4, -0.2) is 58.3 Å². The number of carbonyl (C=O) groups is 1. The third-order valence-electron chi connectivity index (χ3n) is 5.17. The van der Waals surface area contributed by atoms with Crippen molar-refractivity contribution in [3.05, 3.63) is 59.7 Å². The van der Waals surface area contributed by atoms with E-state index in [1.54, 1.807) is 14.2 Å². The van der Waals surface area contributed by atoms with Crippen LogP contribution in [0.25, 0.3) is 0 Å². The van der Waals surface area contributed by atoms with Crippen molar-refractivity contribution in [1.29, 1.82) is 0 Å².